The smallest absolute Gasteiger partial charge is 0.408 e. The summed E-state index contributed by atoms with van der Waals surface area (Å²) in [6.07, 6.45) is -0.607. The van der Waals surface area contributed by atoms with E-state index in [0.717, 1.165) is 5.75 Å². The number of hydrogen-bond acceptors (Lipinski definition) is 5. The number of methoxy groups -OCH3 is 1. The summed E-state index contributed by atoms with van der Waals surface area (Å²) in [4.78, 5) is 22.9. The summed E-state index contributed by atoms with van der Waals surface area (Å²) in [5.74, 6) is 0.878. The van der Waals surface area contributed by atoms with Gasteiger partial charge in [-0.25, -0.2) is 9.59 Å². The molecule has 0 fully saturated rings. The Morgan fingerprint density at radius 2 is 1.94 bits per heavy atom. The summed E-state index contributed by atoms with van der Waals surface area (Å²) in [6.45, 7) is 7.27. The second-order valence-electron chi connectivity index (χ2n) is 4.38. The quantitative estimate of drug-likeness (QED) is 0.766. The minimum Gasteiger partial charge on any atom is -0.467 e. The molecular formula is C11H21NO4S. The van der Waals surface area contributed by atoms with Gasteiger partial charge in [-0.2, -0.15) is 11.8 Å². The molecule has 1 atom stereocenters. The number of thioether (sulfide) groups is 1. The average Bonchev–Trinajstić information content (AvgIpc) is 2.20. The van der Waals surface area contributed by atoms with E-state index in [2.05, 4.69) is 10.1 Å². The van der Waals surface area contributed by atoms with Crippen LogP contribution in [0.1, 0.15) is 27.7 Å². The summed E-state index contributed by atoms with van der Waals surface area (Å²) in [5, 5.41) is 2.50. The second-order valence-corrected chi connectivity index (χ2v) is 5.70. The number of amides is 1. The van der Waals surface area contributed by atoms with Crippen molar-refractivity contribution in [3.05, 3.63) is 0 Å². The van der Waals surface area contributed by atoms with E-state index in [0.29, 0.717) is 5.75 Å². The molecule has 0 saturated heterocycles. The van der Waals surface area contributed by atoms with Crippen molar-refractivity contribution >= 4 is 23.8 Å². The van der Waals surface area contributed by atoms with Gasteiger partial charge in [0.05, 0.1) is 7.11 Å². The molecular weight excluding hydrogens is 242 g/mol. The van der Waals surface area contributed by atoms with Gasteiger partial charge in [0.15, 0.2) is 0 Å². The number of rotatable bonds is 5. The Morgan fingerprint density at radius 3 is 2.35 bits per heavy atom. The molecule has 0 heterocycles. The first-order chi connectivity index (χ1) is 7.80. The lowest BCUT2D eigenvalue weighted by Gasteiger charge is -2.22. The van der Waals surface area contributed by atoms with Crippen LogP contribution in [-0.4, -0.2) is 42.3 Å². The number of carbonyl (C=O) groups excluding carboxylic acids is 2. The van der Waals surface area contributed by atoms with Gasteiger partial charge in [-0.1, -0.05) is 6.92 Å². The lowest BCUT2D eigenvalue weighted by atomic mass is 10.2. The van der Waals surface area contributed by atoms with E-state index < -0.39 is 23.7 Å². The predicted molar refractivity (Wildman–Crippen MR) is 68.2 cm³/mol. The maximum Gasteiger partial charge on any atom is 0.408 e. The normalized spacial score (nSPS) is 12.8. The Kier molecular flexibility index (Phi) is 7.03. The van der Waals surface area contributed by atoms with Crippen LogP contribution in [0.5, 0.6) is 0 Å². The van der Waals surface area contributed by atoms with Crippen LogP contribution in [-0.2, 0) is 14.3 Å². The van der Waals surface area contributed by atoms with E-state index in [1.165, 1.54) is 7.11 Å². The van der Waals surface area contributed by atoms with Crippen LogP contribution < -0.4 is 5.32 Å². The number of ether oxygens (including phenoxy) is 2. The largest absolute Gasteiger partial charge is 0.467 e. The molecule has 0 saturated carbocycles. The van der Waals surface area contributed by atoms with Gasteiger partial charge in [-0.3, -0.25) is 0 Å². The first-order valence-electron chi connectivity index (χ1n) is 5.45. The minimum atomic E-state index is -0.667. The zero-order valence-electron chi connectivity index (χ0n) is 11.0. The van der Waals surface area contributed by atoms with E-state index in [9.17, 15) is 9.59 Å². The molecule has 1 amide bonds. The zero-order chi connectivity index (χ0) is 13.5. The minimum absolute atomic E-state index is 0.461. The molecule has 0 unspecified atom stereocenters. The molecule has 0 aliphatic carbocycles. The fourth-order valence-corrected chi connectivity index (χ4v) is 1.69. The van der Waals surface area contributed by atoms with Crippen molar-refractivity contribution in [2.75, 3.05) is 18.6 Å². The van der Waals surface area contributed by atoms with E-state index >= 15 is 0 Å². The van der Waals surface area contributed by atoms with Gasteiger partial charge in [0.25, 0.3) is 0 Å². The lowest BCUT2D eigenvalue weighted by molar-refractivity contribution is -0.142. The van der Waals surface area contributed by atoms with Gasteiger partial charge < -0.3 is 14.8 Å². The predicted octanol–water partition coefficient (Wildman–Crippen LogP) is 1.81. The van der Waals surface area contributed by atoms with Crippen molar-refractivity contribution in [3.8, 4) is 0 Å². The van der Waals surface area contributed by atoms with Crippen LogP contribution in [0.2, 0.25) is 0 Å². The summed E-state index contributed by atoms with van der Waals surface area (Å²) in [7, 11) is 1.29. The maximum atomic E-state index is 11.5. The fourth-order valence-electron chi connectivity index (χ4n) is 0.996. The number of alkyl carbamates (subject to hydrolysis) is 1. The molecule has 6 heteroatoms. The van der Waals surface area contributed by atoms with Gasteiger partial charge in [-0.15, -0.1) is 0 Å². The van der Waals surface area contributed by atoms with Crippen LogP contribution in [0, 0.1) is 0 Å². The van der Waals surface area contributed by atoms with Gasteiger partial charge in [0.2, 0.25) is 0 Å². The van der Waals surface area contributed by atoms with Crippen LogP contribution in [0.3, 0.4) is 0 Å². The van der Waals surface area contributed by atoms with Crippen LogP contribution >= 0.6 is 11.8 Å². The third kappa shape index (κ3) is 7.90. The highest BCUT2D eigenvalue weighted by Gasteiger charge is 2.24. The first-order valence-corrected chi connectivity index (χ1v) is 6.60. The number of hydrogen-bond donors (Lipinski definition) is 1. The number of carbonyl (C=O) groups is 2. The molecule has 0 radical (unpaired) electrons. The third-order valence-corrected chi connectivity index (χ3v) is 2.64. The highest BCUT2D eigenvalue weighted by Crippen LogP contribution is 2.08. The molecule has 0 aromatic heterocycles. The molecule has 0 aliphatic rings. The monoisotopic (exact) mass is 263 g/mol. The highest BCUT2D eigenvalue weighted by atomic mass is 32.2. The standard InChI is InChI=1S/C11H21NO4S/c1-6-17-7-8(9(13)15-5)12-10(14)16-11(2,3)4/h8H,6-7H2,1-5H3,(H,12,14)/t8-/m1/s1. The molecule has 1 N–H and O–H groups in total. The Labute approximate surface area is 107 Å². The van der Waals surface area contributed by atoms with Crippen molar-refractivity contribution in [2.24, 2.45) is 0 Å². The van der Waals surface area contributed by atoms with Gasteiger partial charge >= 0.3 is 12.1 Å². The third-order valence-electron chi connectivity index (χ3n) is 1.67. The summed E-state index contributed by atoms with van der Waals surface area (Å²) in [5.41, 5.74) is -0.581. The SMILES string of the molecule is CCSC[C@@H](NC(=O)OC(C)(C)C)C(=O)OC. The number of esters is 1. The van der Waals surface area contributed by atoms with Crippen molar-refractivity contribution in [2.45, 2.75) is 39.3 Å². The molecule has 0 aliphatic heterocycles. The zero-order valence-corrected chi connectivity index (χ0v) is 11.8. The average molecular weight is 263 g/mol. The lowest BCUT2D eigenvalue weighted by Crippen LogP contribution is -2.45. The van der Waals surface area contributed by atoms with Gasteiger partial charge in [0.1, 0.15) is 11.6 Å². The fraction of sp³-hybridized carbons (Fsp3) is 0.818. The number of nitrogens with one attached hydrogen (secondary N) is 1. The van der Waals surface area contributed by atoms with E-state index in [-0.39, 0.29) is 0 Å². The topological polar surface area (TPSA) is 64.6 Å². The molecule has 0 aromatic rings. The van der Waals surface area contributed by atoms with Gasteiger partial charge in [0, 0.05) is 5.75 Å². The van der Waals surface area contributed by atoms with Crippen molar-refractivity contribution < 1.29 is 19.1 Å². The molecule has 100 valence electrons. The Balaban J connectivity index is 4.32. The van der Waals surface area contributed by atoms with Crippen LogP contribution in [0.4, 0.5) is 4.79 Å². The summed E-state index contributed by atoms with van der Waals surface area (Å²) >= 11 is 1.55. The Morgan fingerprint density at radius 1 is 1.35 bits per heavy atom. The van der Waals surface area contributed by atoms with Crippen LogP contribution in [0.25, 0.3) is 0 Å². The summed E-state index contributed by atoms with van der Waals surface area (Å²) in [6, 6.07) is -0.667. The van der Waals surface area contributed by atoms with Crippen molar-refractivity contribution in [1.82, 2.24) is 5.32 Å². The molecule has 0 rings (SSSR count). The molecule has 5 nitrogen and oxygen atoms in total. The molecule has 17 heavy (non-hydrogen) atoms. The maximum absolute atomic E-state index is 11.5. The van der Waals surface area contributed by atoms with Gasteiger partial charge in [-0.05, 0) is 26.5 Å². The van der Waals surface area contributed by atoms with E-state index in [1.54, 1.807) is 32.5 Å². The molecule has 0 aromatic carbocycles. The van der Waals surface area contributed by atoms with Crippen molar-refractivity contribution in [3.63, 3.8) is 0 Å². The molecule has 0 bridgehead atoms. The second kappa shape index (κ2) is 7.42. The first kappa shape index (κ1) is 16.1. The van der Waals surface area contributed by atoms with E-state index in [1.807, 2.05) is 6.92 Å². The molecule has 0 spiro atoms. The van der Waals surface area contributed by atoms with E-state index in [4.69, 9.17) is 4.74 Å². The highest BCUT2D eigenvalue weighted by molar-refractivity contribution is 7.99. The van der Waals surface area contributed by atoms with Crippen molar-refractivity contribution in [1.29, 1.82) is 0 Å². The summed E-state index contributed by atoms with van der Waals surface area (Å²) < 4.78 is 9.69. The van der Waals surface area contributed by atoms with Crippen LogP contribution in [0.15, 0.2) is 0 Å². The Bertz CT molecular complexity index is 263. The Hall–Kier alpha value is -0.910.